The predicted molar refractivity (Wildman–Crippen MR) is 212 cm³/mol. The van der Waals surface area contributed by atoms with Gasteiger partial charge in [-0.05, 0) is 147 Å². The fourth-order valence-corrected chi connectivity index (χ4v) is 9.05. The monoisotopic (exact) mass is 632 g/mol. The molecule has 232 valence electrons. The van der Waals surface area contributed by atoms with Gasteiger partial charge in [0.2, 0.25) is 0 Å². The minimum atomic E-state index is 0.965. The number of hydrogen-bond donors (Lipinski definition) is 0. The summed E-state index contributed by atoms with van der Waals surface area (Å²) in [5.74, 6) is 0. The zero-order valence-corrected chi connectivity index (χ0v) is 27.6. The van der Waals surface area contributed by atoms with Crippen LogP contribution in [0.2, 0.25) is 0 Å². The Morgan fingerprint density at radius 1 is 0.240 bits per heavy atom. The molecule has 0 heterocycles. The number of hydrogen-bond acceptors (Lipinski definition) is 0. The van der Waals surface area contributed by atoms with E-state index in [1.807, 2.05) is 0 Å². The van der Waals surface area contributed by atoms with Crippen LogP contribution in [0.3, 0.4) is 0 Å². The molecule has 0 radical (unpaired) electrons. The molecule has 0 heteroatoms. The van der Waals surface area contributed by atoms with Crippen LogP contribution in [0.25, 0.3) is 88.0 Å². The van der Waals surface area contributed by atoms with Crippen LogP contribution in [-0.2, 0) is 12.8 Å². The van der Waals surface area contributed by atoms with Crippen LogP contribution in [-0.4, -0.2) is 0 Å². The summed E-state index contributed by atoms with van der Waals surface area (Å²) in [4.78, 5) is 0. The van der Waals surface area contributed by atoms with Crippen molar-refractivity contribution in [3.8, 4) is 55.6 Å². The Morgan fingerprint density at radius 3 is 1.18 bits per heavy atom. The van der Waals surface area contributed by atoms with E-state index in [9.17, 15) is 0 Å². The van der Waals surface area contributed by atoms with Gasteiger partial charge in [0.25, 0.3) is 0 Å². The van der Waals surface area contributed by atoms with E-state index in [-0.39, 0.29) is 0 Å². The Kier molecular flexibility index (Phi) is 5.89. The maximum absolute atomic E-state index is 2.45. The van der Waals surface area contributed by atoms with Crippen molar-refractivity contribution in [2.75, 3.05) is 0 Å². The van der Waals surface area contributed by atoms with Crippen molar-refractivity contribution < 1.29 is 0 Å². The van der Waals surface area contributed by atoms with Crippen molar-refractivity contribution in [3.05, 3.63) is 192 Å². The third kappa shape index (κ3) is 4.06. The Bertz CT molecular complexity index is 2720. The highest BCUT2D eigenvalue weighted by Gasteiger charge is 2.24. The molecule has 0 spiro atoms. The van der Waals surface area contributed by atoms with Gasteiger partial charge in [-0.1, -0.05) is 146 Å². The van der Waals surface area contributed by atoms with Crippen LogP contribution in [0.4, 0.5) is 0 Å². The lowest BCUT2D eigenvalue weighted by Crippen LogP contribution is -1.93. The van der Waals surface area contributed by atoms with Crippen LogP contribution in [0.5, 0.6) is 0 Å². The van der Waals surface area contributed by atoms with E-state index in [0.717, 1.165) is 12.8 Å². The molecule has 50 heavy (non-hydrogen) atoms. The molecule has 0 amide bonds. The summed E-state index contributed by atoms with van der Waals surface area (Å²) in [5.41, 5.74) is 18.9. The minimum absolute atomic E-state index is 0.965. The van der Waals surface area contributed by atoms with Gasteiger partial charge in [0.1, 0.15) is 0 Å². The summed E-state index contributed by atoms with van der Waals surface area (Å²) >= 11 is 0. The number of rotatable bonds is 3. The molecule has 0 saturated heterocycles. The molecule has 0 atom stereocenters. The summed E-state index contributed by atoms with van der Waals surface area (Å²) in [6.45, 7) is 0. The highest BCUT2D eigenvalue weighted by atomic mass is 14.3. The molecule has 0 unspecified atom stereocenters. The van der Waals surface area contributed by atoms with Crippen molar-refractivity contribution >= 4 is 32.3 Å². The van der Waals surface area contributed by atoms with Gasteiger partial charge in [0.15, 0.2) is 0 Å². The normalized spacial score (nSPS) is 12.6. The lowest BCUT2D eigenvalue weighted by molar-refractivity contribution is 1.26. The molecular formula is C50H32. The molecule has 9 aromatic rings. The molecular weight excluding hydrogens is 601 g/mol. The van der Waals surface area contributed by atoms with E-state index in [1.165, 1.54) is 110 Å². The average Bonchev–Trinajstić information content (AvgIpc) is 3.76. The summed E-state index contributed by atoms with van der Waals surface area (Å²) < 4.78 is 0. The maximum atomic E-state index is 2.45. The van der Waals surface area contributed by atoms with Gasteiger partial charge in [-0.3, -0.25) is 0 Å². The van der Waals surface area contributed by atoms with Crippen LogP contribution in [0, 0.1) is 0 Å². The quantitative estimate of drug-likeness (QED) is 0.170. The summed E-state index contributed by atoms with van der Waals surface area (Å²) in [6.07, 6.45) is 1.93. The molecule has 0 saturated carbocycles. The fourth-order valence-electron chi connectivity index (χ4n) is 9.05. The van der Waals surface area contributed by atoms with E-state index >= 15 is 0 Å². The Morgan fingerprint density at radius 2 is 0.640 bits per heavy atom. The van der Waals surface area contributed by atoms with E-state index < -0.39 is 0 Å². The topological polar surface area (TPSA) is 0 Å². The van der Waals surface area contributed by atoms with Gasteiger partial charge in [0, 0.05) is 0 Å². The fraction of sp³-hybridized carbons (Fsp3) is 0.0400. The zero-order valence-electron chi connectivity index (χ0n) is 27.6. The van der Waals surface area contributed by atoms with E-state index in [2.05, 4.69) is 170 Å². The van der Waals surface area contributed by atoms with Crippen LogP contribution in [0.15, 0.2) is 170 Å². The molecule has 0 fully saturated rings. The van der Waals surface area contributed by atoms with Crippen molar-refractivity contribution in [3.63, 3.8) is 0 Å². The van der Waals surface area contributed by atoms with Gasteiger partial charge in [-0.2, -0.15) is 0 Å². The molecule has 0 N–H and O–H groups in total. The molecule has 2 aliphatic rings. The zero-order chi connectivity index (χ0) is 32.8. The second kappa shape index (κ2) is 10.6. The van der Waals surface area contributed by atoms with Crippen LogP contribution < -0.4 is 0 Å². The lowest BCUT2D eigenvalue weighted by Gasteiger charge is -2.17. The van der Waals surface area contributed by atoms with Gasteiger partial charge in [0.05, 0.1) is 0 Å². The standard InChI is InChI=1S/C50H32/c1-3-13-37-32(11-1)29-48-39(19-9-21-41(37)48)35-25-34(26-36(27-35)40-20-10-22-42-38-14-4-2-12-33(38)30-49(40)42)31-23-24-47-45-17-6-5-15-43(45)44-16-7-8-18-46(44)50(47)28-31/h1-28H,29-30H2. The second-order valence-corrected chi connectivity index (χ2v) is 14.0. The first-order chi connectivity index (χ1) is 24.8. The first kappa shape index (κ1) is 27.7. The van der Waals surface area contributed by atoms with Crippen LogP contribution in [0.1, 0.15) is 22.3 Å². The SMILES string of the molecule is c1ccc2c(c1)Cc1c(-c3cc(-c4ccc5c6ccccc6c6ccccc6c5c4)cc(-c4cccc5c4Cc4ccccc4-5)c3)cccc1-2. The summed E-state index contributed by atoms with van der Waals surface area (Å²) in [5, 5.41) is 7.83. The third-order valence-electron chi connectivity index (χ3n) is 11.3. The largest absolute Gasteiger partial charge is 0.0619 e. The molecule has 11 rings (SSSR count). The third-order valence-corrected chi connectivity index (χ3v) is 11.3. The molecule has 0 bridgehead atoms. The lowest BCUT2D eigenvalue weighted by atomic mass is 9.87. The van der Waals surface area contributed by atoms with E-state index in [4.69, 9.17) is 0 Å². The Hall–Kier alpha value is -6.24. The molecule has 0 aliphatic heterocycles. The Labute approximate surface area is 291 Å². The predicted octanol–water partition coefficient (Wildman–Crippen LogP) is 13.3. The summed E-state index contributed by atoms with van der Waals surface area (Å²) in [7, 11) is 0. The van der Waals surface area contributed by atoms with E-state index in [1.54, 1.807) is 0 Å². The number of fused-ring (bicyclic) bond motifs is 12. The molecule has 9 aromatic carbocycles. The van der Waals surface area contributed by atoms with Gasteiger partial charge in [-0.25, -0.2) is 0 Å². The number of benzene rings is 9. The first-order valence-electron chi connectivity index (χ1n) is 17.7. The molecule has 2 aliphatic carbocycles. The van der Waals surface area contributed by atoms with E-state index in [0.29, 0.717) is 0 Å². The van der Waals surface area contributed by atoms with Gasteiger partial charge in [-0.15, -0.1) is 0 Å². The van der Waals surface area contributed by atoms with Crippen molar-refractivity contribution in [1.29, 1.82) is 0 Å². The summed E-state index contributed by atoms with van der Waals surface area (Å²) in [6, 6.07) is 63.7. The minimum Gasteiger partial charge on any atom is -0.0619 e. The first-order valence-corrected chi connectivity index (χ1v) is 17.7. The van der Waals surface area contributed by atoms with Crippen molar-refractivity contribution in [2.45, 2.75) is 12.8 Å². The maximum Gasteiger partial charge on any atom is -0.000729 e. The smallest absolute Gasteiger partial charge is 0.000729 e. The van der Waals surface area contributed by atoms with Crippen molar-refractivity contribution in [1.82, 2.24) is 0 Å². The van der Waals surface area contributed by atoms with Crippen molar-refractivity contribution in [2.24, 2.45) is 0 Å². The van der Waals surface area contributed by atoms with Gasteiger partial charge >= 0.3 is 0 Å². The highest BCUT2D eigenvalue weighted by molar-refractivity contribution is 6.25. The highest BCUT2D eigenvalue weighted by Crippen LogP contribution is 2.46. The van der Waals surface area contributed by atoms with Crippen LogP contribution >= 0.6 is 0 Å². The van der Waals surface area contributed by atoms with Gasteiger partial charge < -0.3 is 0 Å². The molecule has 0 aromatic heterocycles. The average molecular weight is 633 g/mol. The Balaban J connectivity index is 1.16. The molecule has 0 nitrogen and oxygen atoms in total. The second-order valence-electron chi connectivity index (χ2n) is 14.0.